The lowest BCUT2D eigenvalue weighted by Crippen LogP contribution is -2.15. The first-order valence-electron chi connectivity index (χ1n) is 6.99. The molecule has 1 heterocycles. The molecule has 0 radical (unpaired) electrons. The predicted octanol–water partition coefficient (Wildman–Crippen LogP) is 2.30. The second kappa shape index (κ2) is 7.95. The number of methoxy groups -OCH3 is 2. The maximum atomic E-state index is 5.32. The molecule has 2 aromatic rings. The SMILES string of the molecule is CCNCCc1nnc(Cc2ccc(OC)c(OC)c2)s1. The lowest BCUT2D eigenvalue weighted by Gasteiger charge is -2.08. The summed E-state index contributed by atoms with van der Waals surface area (Å²) in [5.74, 6) is 1.48. The molecule has 0 fully saturated rings. The molecule has 1 aromatic heterocycles. The van der Waals surface area contributed by atoms with Gasteiger partial charge in [-0.2, -0.15) is 0 Å². The van der Waals surface area contributed by atoms with Gasteiger partial charge in [-0.25, -0.2) is 0 Å². The Morgan fingerprint density at radius 2 is 1.86 bits per heavy atom. The molecular weight excluding hydrogens is 286 g/mol. The van der Waals surface area contributed by atoms with Crippen molar-refractivity contribution in [2.75, 3.05) is 27.3 Å². The number of rotatable bonds is 8. The van der Waals surface area contributed by atoms with Crippen LogP contribution in [0.25, 0.3) is 0 Å². The molecule has 0 aliphatic carbocycles. The van der Waals surface area contributed by atoms with Gasteiger partial charge in [-0.1, -0.05) is 13.0 Å². The van der Waals surface area contributed by atoms with Crippen molar-refractivity contribution in [1.82, 2.24) is 15.5 Å². The highest BCUT2D eigenvalue weighted by Gasteiger charge is 2.08. The quantitative estimate of drug-likeness (QED) is 0.758. The minimum absolute atomic E-state index is 0.741. The van der Waals surface area contributed by atoms with E-state index in [9.17, 15) is 0 Å². The molecule has 5 nitrogen and oxygen atoms in total. The third kappa shape index (κ3) is 4.41. The zero-order valence-corrected chi connectivity index (χ0v) is 13.5. The minimum Gasteiger partial charge on any atom is -0.493 e. The predicted molar refractivity (Wildman–Crippen MR) is 84.5 cm³/mol. The number of nitrogens with zero attached hydrogens (tertiary/aromatic N) is 2. The van der Waals surface area contributed by atoms with Gasteiger partial charge < -0.3 is 14.8 Å². The summed E-state index contributed by atoms with van der Waals surface area (Å²) < 4.78 is 10.6. The van der Waals surface area contributed by atoms with E-state index in [1.165, 1.54) is 0 Å². The minimum atomic E-state index is 0.741. The zero-order valence-electron chi connectivity index (χ0n) is 12.7. The van der Waals surface area contributed by atoms with Crippen molar-refractivity contribution in [2.24, 2.45) is 0 Å². The third-order valence-electron chi connectivity index (χ3n) is 3.08. The lowest BCUT2D eigenvalue weighted by atomic mass is 10.1. The summed E-state index contributed by atoms with van der Waals surface area (Å²) in [7, 11) is 3.28. The highest BCUT2D eigenvalue weighted by Crippen LogP contribution is 2.28. The number of ether oxygens (including phenoxy) is 2. The van der Waals surface area contributed by atoms with Crippen LogP contribution < -0.4 is 14.8 Å². The van der Waals surface area contributed by atoms with Crippen molar-refractivity contribution in [3.63, 3.8) is 0 Å². The van der Waals surface area contributed by atoms with E-state index in [0.29, 0.717) is 0 Å². The Labute approximate surface area is 129 Å². The van der Waals surface area contributed by atoms with Crippen molar-refractivity contribution in [2.45, 2.75) is 19.8 Å². The summed E-state index contributed by atoms with van der Waals surface area (Å²) in [5.41, 5.74) is 1.14. The number of aromatic nitrogens is 2. The van der Waals surface area contributed by atoms with E-state index in [1.54, 1.807) is 25.6 Å². The van der Waals surface area contributed by atoms with Crippen LogP contribution in [0.2, 0.25) is 0 Å². The van der Waals surface area contributed by atoms with E-state index in [-0.39, 0.29) is 0 Å². The standard InChI is InChI=1S/C15H21N3O2S/c1-4-16-8-7-14-17-18-15(21-14)10-11-5-6-12(19-2)13(9-11)20-3/h5-6,9,16H,4,7-8,10H2,1-3H3. The molecule has 0 atom stereocenters. The van der Waals surface area contributed by atoms with E-state index < -0.39 is 0 Å². The molecule has 114 valence electrons. The molecule has 0 aliphatic heterocycles. The summed E-state index contributed by atoms with van der Waals surface area (Å²) >= 11 is 1.67. The van der Waals surface area contributed by atoms with Crippen LogP contribution in [0.15, 0.2) is 18.2 Å². The van der Waals surface area contributed by atoms with Crippen molar-refractivity contribution in [1.29, 1.82) is 0 Å². The number of hydrogen-bond donors (Lipinski definition) is 1. The van der Waals surface area contributed by atoms with Crippen LogP contribution in [0.4, 0.5) is 0 Å². The molecule has 21 heavy (non-hydrogen) atoms. The van der Waals surface area contributed by atoms with Gasteiger partial charge in [-0.05, 0) is 24.2 Å². The van der Waals surface area contributed by atoms with Crippen molar-refractivity contribution >= 4 is 11.3 Å². The maximum absolute atomic E-state index is 5.32. The van der Waals surface area contributed by atoms with Gasteiger partial charge >= 0.3 is 0 Å². The van der Waals surface area contributed by atoms with Gasteiger partial charge in [-0.15, -0.1) is 21.5 Å². The Kier molecular flexibility index (Phi) is 5.95. The molecule has 0 saturated heterocycles. The Morgan fingerprint density at radius 3 is 2.57 bits per heavy atom. The number of likely N-dealkylation sites (N-methyl/N-ethyl adjacent to an activating group) is 1. The van der Waals surface area contributed by atoms with E-state index in [4.69, 9.17) is 9.47 Å². The summed E-state index contributed by atoms with van der Waals surface area (Å²) in [4.78, 5) is 0. The van der Waals surface area contributed by atoms with Crippen molar-refractivity contribution in [3.05, 3.63) is 33.8 Å². The highest BCUT2D eigenvalue weighted by atomic mass is 32.1. The van der Waals surface area contributed by atoms with Crippen LogP contribution in [0.5, 0.6) is 11.5 Å². The smallest absolute Gasteiger partial charge is 0.160 e. The zero-order chi connectivity index (χ0) is 15.1. The van der Waals surface area contributed by atoms with Gasteiger partial charge in [0, 0.05) is 19.4 Å². The number of hydrogen-bond acceptors (Lipinski definition) is 6. The first-order valence-corrected chi connectivity index (χ1v) is 7.81. The van der Waals surface area contributed by atoms with Crippen LogP contribution in [0.3, 0.4) is 0 Å². The average molecular weight is 307 g/mol. The maximum Gasteiger partial charge on any atom is 0.160 e. The van der Waals surface area contributed by atoms with Gasteiger partial charge in [0.1, 0.15) is 10.0 Å². The van der Waals surface area contributed by atoms with Gasteiger partial charge in [0.05, 0.1) is 14.2 Å². The monoisotopic (exact) mass is 307 g/mol. The first-order chi connectivity index (χ1) is 10.3. The summed E-state index contributed by atoms with van der Waals surface area (Å²) in [6.45, 7) is 4.03. The Hall–Kier alpha value is -1.66. The lowest BCUT2D eigenvalue weighted by molar-refractivity contribution is 0.354. The van der Waals surface area contributed by atoms with Crippen LogP contribution in [-0.2, 0) is 12.8 Å². The van der Waals surface area contributed by atoms with E-state index in [1.807, 2.05) is 18.2 Å². The molecular formula is C15H21N3O2S. The fraction of sp³-hybridized carbons (Fsp3) is 0.467. The topological polar surface area (TPSA) is 56.3 Å². The Morgan fingerprint density at radius 1 is 1.10 bits per heavy atom. The number of benzene rings is 1. The molecule has 0 amide bonds. The van der Waals surface area contributed by atoms with Crippen LogP contribution in [0, 0.1) is 0 Å². The van der Waals surface area contributed by atoms with Gasteiger partial charge in [0.25, 0.3) is 0 Å². The molecule has 6 heteroatoms. The fourth-order valence-electron chi connectivity index (χ4n) is 2.00. The van der Waals surface area contributed by atoms with Crippen LogP contribution in [-0.4, -0.2) is 37.5 Å². The molecule has 0 saturated carbocycles. The average Bonchev–Trinajstić information content (AvgIpc) is 2.95. The summed E-state index contributed by atoms with van der Waals surface area (Å²) in [6.07, 6.45) is 1.69. The van der Waals surface area contributed by atoms with Crippen LogP contribution >= 0.6 is 11.3 Å². The summed E-state index contributed by atoms with van der Waals surface area (Å²) in [6, 6.07) is 5.93. The second-order valence-corrected chi connectivity index (χ2v) is 5.71. The van der Waals surface area contributed by atoms with Crippen molar-refractivity contribution < 1.29 is 9.47 Å². The Balaban J connectivity index is 2.01. The highest BCUT2D eigenvalue weighted by molar-refractivity contribution is 7.11. The summed E-state index contributed by atoms with van der Waals surface area (Å²) in [5, 5.41) is 13.9. The van der Waals surface area contributed by atoms with Gasteiger partial charge in [-0.3, -0.25) is 0 Å². The van der Waals surface area contributed by atoms with Gasteiger partial charge in [0.15, 0.2) is 11.5 Å². The van der Waals surface area contributed by atoms with Crippen LogP contribution in [0.1, 0.15) is 22.5 Å². The van der Waals surface area contributed by atoms with Crippen molar-refractivity contribution in [3.8, 4) is 11.5 Å². The van der Waals surface area contributed by atoms with Gasteiger partial charge in [0.2, 0.25) is 0 Å². The van der Waals surface area contributed by atoms with E-state index in [2.05, 4.69) is 22.4 Å². The molecule has 2 rings (SSSR count). The largest absolute Gasteiger partial charge is 0.493 e. The Bertz CT molecular complexity index is 572. The molecule has 1 N–H and O–H groups in total. The molecule has 1 aromatic carbocycles. The normalized spacial score (nSPS) is 10.6. The number of nitrogens with one attached hydrogen (secondary N) is 1. The van der Waals surface area contributed by atoms with E-state index in [0.717, 1.165) is 53.0 Å². The molecule has 0 aliphatic rings. The molecule has 0 unspecified atom stereocenters. The fourth-order valence-corrected chi connectivity index (χ4v) is 2.88. The first kappa shape index (κ1) is 15.7. The van der Waals surface area contributed by atoms with E-state index >= 15 is 0 Å². The second-order valence-electron chi connectivity index (χ2n) is 4.56. The third-order valence-corrected chi connectivity index (χ3v) is 4.06. The molecule has 0 bridgehead atoms. The molecule has 0 spiro atoms.